The first-order valence-corrected chi connectivity index (χ1v) is 13.5. The molecule has 0 aliphatic rings. The van der Waals surface area contributed by atoms with Gasteiger partial charge in [-0.05, 0) is 20.8 Å². The van der Waals surface area contributed by atoms with Crippen LogP contribution < -0.4 is 21.3 Å². The van der Waals surface area contributed by atoms with Crippen LogP contribution in [0.4, 0.5) is 4.79 Å². The van der Waals surface area contributed by atoms with Crippen molar-refractivity contribution in [1.82, 2.24) is 21.3 Å². The second kappa shape index (κ2) is 25.6. The van der Waals surface area contributed by atoms with Gasteiger partial charge < -0.3 is 55.2 Å². The Labute approximate surface area is 238 Å². The van der Waals surface area contributed by atoms with Crippen LogP contribution in [0.25, 0.3) is 0 Å². The molecule has 0 aromatic heterocycles. The van der Waals surface area contributed by atoms with Crippen molar-refractivity contribution in [1.29, 1.82) is 0 Å². The molecule has 2 unspecified atom stereocenters. The number of rotatable bonds is 21. The molecule has 0 radical (unpaired) electrons. The van der Waals surface area contributed by atoms with Crippen molar-refractivity contribution in [2.45, 2.75) is 65.2 Å². The number of amides is 1. The lowest BCUT2D eigenvalue weighted by molar-refractivity contribution is -0.157. The monoisotopic (exact) mass is 580 g/mol. The average Bonchev–Trinajstić information content (AvgIpc) is 2.89. The smallest absolute Gasteiger partial charge is 0.407 e. The van der Waals surface area contributed by atoms with E-state index in [4.69, 9.17) is 24.1 Å². The molecule has 0 saturated carbocycles. The van der Waals surface area contributed by atoms with E-state index < -0.39 is 24.3 Å². The predicted octanol–water partition coefficient (Wildman–Crippen LogP) is -0.644. The van der Waals surface area contributed by atoms with Gasteiger partial charge in [0.1, 0.15) is 31.7 Å². The highest BCUT2D eigenvalue weighted by atomic mass is 16.6. The maximum atomic E-state index is 11.5. The lowest BCUT2D eigenvalue weighted by atomic mass is 10.1. The van der Waals surface area contributed by atoms with Gasteiger partial charge in [0.25, 0.3) is 0 Å². The van der Waals surface area contributed by atoms with Crippen LogP contribution in [-0.2, 0) is 33.3 Å². The van der Waals surface area contributed by atoms with Gasteiger partial charge in [0.2, 0.25) is 0 Å². The first-order chi connectivity index (χ1) is 18.9. The quantitative estimate of drug-likeness (QED) is 0.0435. The van der Waals surface area contributed by atoms with Crippen molar-refractivity contribution in [2.24, 2.45) is 5.92 Å². The van der Waals surface area contributed by atoms with Gasteiger partial charge in [-0.25, -0.2) is 4.79 Å². The third-order valence-electron chi connectivity index (χ3n) is 4.63. The van der Waals surface area contributed by atoms with E-state index in [0.29, 0.717) is 19.4 Å². The van der Waals surface area contributed by atoms with Gasteiger partial charge in [-0.3, -0.25) is 9.59 Å². The van der Waals surface area contributed by atoms with Crippen molar-refractivity contribution in [2.75, 3.05) is 72.8 Å². The zero-order valence-electron chi connectivity index (χ0n) is 25.0. The summed E-state index contributed by atoms with van der Waals surface area (Å²) in [7, 11) is 1.49. The fourth-order valence-electron chi connectivity index (χ4n) is 2.52. The molecule has 40 heavy (non-hydrogen) atoms. The van der Waals surface area contributed by atoms with Gasteiger partial charge in [0.15, 0.2) is 0 Å². The minimum absolute atomic E-state index is 0.0338. The summed E-state index contributed by atoms with van der Waals surface area (Å²) in [5, 5.41) is 30.7. The van der Waals surface area contributed by atoms with Crippen molar-refractivity contribution in [3.63, 3.8) is 0 Å². The molecule has 0 heterocycles. The van der Waals surface area contributed by atoms with Crippen LogP contribution in [0.5, 0.6) is 0 Å². The minimum Gasteiger partial charge on any atom is -0.463 e. The van der Waals surface area contributed by atoms with Crippen LogP contribution in [0.2, 0.25) is 0 Å². The molecule has 0 fully saturated rings. The lowest BCUT2D eigenvalue weighted by Gasteiger charge is -2.20. The number of aldehydes is 1. The Morgan fingerprint density at radius 3 is 2.00 bits per heavy atom. The molecular weight excluding hydrogens is 528 g/mol. The highest BCUT2D eigenvalue weighted by molar-refractivity contribution is 5.72. The van der Waals surface area contributed by atoms with Gasteiger partial charge in [0, 0.05) is 58.3 Å². The molecule has 0 aliphatic heterocycles. The fourth-order valence-corrected chi connectivity index (χ4v) is 2.52. The summed E-state index contributed by atoms with van der Waals surface area (Å²) in [6, 6.07) is 0. The van der Waals surface area contributed by atoms with E-state index in [1.807, 2.05) is 0 Å². The van der Waals surface area contributed by atoms with E-state index in [1.165, 1.54) is 7.11 Å². The Balaban J connectivity index is 0. The Morgan fingerprint density at radius 1 is 0.900 bits per heavy atom. The molecule has 236 valence electrons. The highest BCUT2D eigenvalue weighted by Gasteiger charge is 2.15. The topological polar surface area (TPSA) is 194 Å². The summed E-state index contributed by atoms with van der Waals surface area (Å²) in [6.45, 7) is 13.7. The molecule has 1 amide bonds. The molecule has 0 spiro atoms. The second-order valence-corrected chi connectivity index (χ2v) is 10.1. The number of carbonyl (C=O) groups excluding carboxylic acids is 4. The van der Waals surface area contributed by atoms with E-state index in [-0.39, 0.29) is 56.7 Å². The molecule has 2 atom stereocenters. The molecule has 6 N–H and O–H groups in total. The summed E-state index contributed by atoms with van der Waals surface area (Å²) in [6.07, 6.45) is -1.64. The molecule has 0 aliphatic carbocycles. The predicted molar refractivity (Wildman–Crippen MR) is 149 cm³/mol. The maximum absolute atomic E-state index is 11.5. The number of carbonyl (C=O) groups is 4. The minimum atomic E-state index is -1.11. The van der Waals surface area contributed by atoms with Gasteiger partial charge in [0.05, 0.1) is 25.6 Å². The number of aliphatic hydroxyl groups excluding tert-OH is 2. The number of esters is 2. The second-order valence-electron chi connectivity index (χ2n) is 10.1. The summed E-state index contributed by atoms with van der Waals surface area (Å²) >= 11 is 0. The molecule has 14 heteroatoms. The largest absolute Gasteiger partial charge is 0.463 e. The highest BCUT2D eigenvalue weighted by Crippen LogP contribution is 2.00. The van der Waals surface area contributed by atoms with Gasteiger partial charge >= 0.3 is 18.0 Å². The molecular formula is C26H52N4O10. The third-order valence-corrected chi connectivity index (χ3v) is 4.63. The van der Waals surface area contributed by atoms with Gasteiger partial charge in [-0.15, -0.1) is 0 Å². The van der Waals surface area contributed by atoms with Crippen LogP contribution in [0, 0.1) is 5.92 Å². The Kier molecular flexibility index (Phi) is 25.5. The SMILES string of the molecule is CC(C)(C)NCCNCCNCCNC(=O)OCC(O)COC(=O)CCC=O.COCC(CO)OC(=O)C(C)C. The summed E-state index contributed by atoms with van der Waals surface area (Å²) in [5.74, 6) is -1.07. The van der Waals surface area contributed by atoms with E-state index >= 15 is 0 Å². The van der Waals surface area contributed by atoms with E-state index in [0.717, 1.165) is 26.2 Å². The van der Waals surface area contributed by atoms with Crippen molar-refractivity contribution < 1.29 is 48.3 Å². The fraction of sp³-hybridized carbons (Fsp3) is 0.846. The number of hydrogen-bond acceptors (Lipinski definition) is 13. The molecule has 0 saturated heterocycles. The average molecular weight is 581 g/mol. The van der Waals surface area contributed by atoms with Gasteiger partial charge in [-0.2, -0.15) is 0 Å². The number of aliphatic hydroxyl groups is 2. The summed E-state index contributed by atoms with van der Waals surface area (Å²) in [5.41, 5.74) is 0.123. The number of methoxy groups -OCH3 is 1. The Hall–Kier alpha value is -2.36. The van der Waals surface area contributed by atoms with Crippen LogP contribution >= 0.6 is 0 Å². The molecule has 0 aromatic rings. The molecule has 14 nitrogen and oxygen atoms in total. The third kappa shape index (κ3) is 28.6. The van der Waals surface area contributed by atoms with E-state index in [9.17, 15) is 24.3 Å². The van der Waals surface area contributed by atoms with Crippen molar-refractivity contribution in [3.05, 3.63) is 0 Å². The molecule has 0 rings (SSSR count). The Bertz CT molecular complexity index is 674. The molecule has 0 aromatic carbocycles. The van der Waals surface area contributed by atoms with Crippen LogP contribution in [0.15, 0.2) is 0 Å². The number of ether oxygens (including phenoxy) is 4. The summed E-state index contributed by atoms with van der Waals surface area (Å²) < 4.78 is 19.2. The van der Waals surface area contributed by atoms with Crippen LogP contribution in [-0.4, -0.2) is 125 Å². The first kappa shape index (κ1) is 39.8. The van der Waals surface area contributed by atoms with Crippen LogP contribution in [0.1, 0.15) is 47.5 Å². The van der Waals surface area contributed by atoms with Crippen molar-refractivity contribution >= 4 is 24.3 Å². The normalized spacial score (nSPS) is 12.5. The number of alkyl carbamates (subject to hydrolysis) is 1. The zero-order valence-corrected chi connectivity index (χ0v) is 25.0. The van der Waals surface area contributed by atoms with Crippen LogP contribution in [0.3, 0.4) is 0 Å². The van der Waals surface area contributed by atoms with Gasteiger partial charge in [-0.1, -0.05) is 13.8 Å². The van der Waals surface area contributed by atoms with Crippen molar-refractivity contribution in [3.8, 4) is 0 Å². The summed E-state index contributed by atoms with van der Waals surface area (Å²) in [4.78, 5) is 43.8. The number of hydrogen-bond donors (Lipinski definition) is 6. The lowest BCUT2D eigenvalue weighted by Crippen LogP contribution is -2.41. The standard InChI is InChI=1S/C18H36N4O6.C8H16O4/c1-18(2,3)22-11-9-20-7-6-19-8-10-21-17(26)28-14-15(24)13-27-16(25)5-4-12-23;1-6(2)8(10)12-7(4-9)5-11-3/h12,15,19-20,22,24H,4-11,13-14H2,1-3H3,(H,21,26);6-7,9H,4-5H2,1-3H3. The Morgan fingerprint density at radius 2 is 1.48 bits per heavy atom. The zero-order chi connectivity index (χ0) is 30.8. The molecule has 0 bridgehead atoms. The first-order valence-electron chi connectivity index (χ1n) is 13.5. The van der Waals surface area contributed by atoms with E-state index in [1.54, 1.807) is 13.8 Å². The maximum Gasteiger partial charge on any atom is 0.407 e. The number of nitrogens with one attached hydrogen (secondary N) is 4. The van der Waals surface area contributed by atoms with E-state index in [2.05, 4.69) is 42.0 Å².